The fraction of sp³-hybridized carbons (Fsp3) is 1.00. The summed E-state index contributed by atoms with van der Waals surface area (Å²) in [6.45, 7) is 4.45. The minimum Gasteiger partial charge on any atom is -0.394 e. The molecule has 3 heteroatoms. The number of fused-ring (bicyclic) bond motifs is 5. The van der Waals surface area contributed by atoms with Crippen LogP contribution >= 0.6 is 0 Å². The van der Waals surface area contributed by atoms with E-state index in [1.807, 2.05) is 0 Å². The van der Waals surface area contributed by atoms with Crippen molar-refractivity contribution >= 4 is 0 Å². The molecular weight excluding hydrogens is 300 g/mol. The van der Waals surface area contributed by atoms with Crippen molar-refractivity contribution in [2.75, 3.05) is 6.61 Å². The zero-order chi connectivity index (χ0) is 17.2. The third-order valence-corrected chi connectivity index (χ3v) is 9.52. The number of hydrogen-bond donors (Lipinski definition) is 3. The molecule has 0 bridgehead atoms. The Morgan fingerprint density at radius 2 is 1.67 bits per heavy atom. The van der Waals surface area contributed by atoms with E-state index in [4.69, 9.17) is 0 Å². The van der Waals surface area contributed by atoms with Crippen LogP contribution in [0.5, 0.6) is 0 Å². The van der Waals surface area contributed by atoms with Crippen LogP contribution in [-0.4, -0.2) is 33.6 Å². The first-order chi connectivity index (χ1) is 11.4. The largest absolute Gasteiger partial charge is 0.394 e. The maximum atomic E-state index is 11.3. The number of rotatable bonds is 2. The van der Waals surface area contributed by atoms with Crippen molar-refractivity contribution in [2.24, 2.45) is 34.5 Å². The smallest absolute Gasteiger partial charge is 0.106 e. The van der Waals surface area contributed by atoms with Gasteiger partial charge in [0.2, 0.25) is 0 Å². The standard InChI is InChI=1S/C21H36O3/c1-19-10-4-3-5-14(19)6-7-15-16(19)8-11-20(2)17(15)9-12-21(20,24)18(23)13-22/h14-18,22-24H,3-13H2,1-2H3. The zero-order valence-corrected chi connectivity index (χ0v) is 15.5. The van der Waals surface area contributed by atoms with Crippen LogP contribution in [0.4, 0.5) is 0 Å². The van der Waals surface area contributed by atoms with E-state index < -0.39 is 11.7 Å². The van der Waals surface area contributed by atoms with Gasteiger partial charge < -0.3 is 15.3 Å². The molecule has 4 rings (SSSR count). The van der Waals surface area contributed by atoms with Crippen LogP contribution < -0.4 is 0 Å². The van der Waals surface area contributed by atoms with E-state index in [0.29, 0.717) is 23.7 Å². The second-order valence-electron chi connectivity index (χ2n) is 10.0. The Morgan fingerprint density at radius 1 is 0.917 bits per heavy atom. The Kier molecular flexibility index (Phi) is 4.10. The van der Waals surface area contributed by atoms with Crippen LogP contribution in [0.25, 0.3) is 0 Å². The lowest BCUT2D eigenvalue weighted by atomic mass is 9.44. The monoisotopic (exact) mass is 336 g/mol. The molecule has 0 radical (unpaired) electrons. The molecule has 24 heavy (non-hydrogen) atoms. The van der Waals surface area contributed by atoms with E-state index >= 15 is 0 Å². The van der Waals surface area contributed by atoms with Crippen molar-refractivity contribution in [1.29, 1.82) is 0 Å². The predicted octanol–water partition coefficient (Wildman–Crippen LogP) is 3.50. The van der Waals surface area contributed by atoms with Gasteiger partial charge >= 0.3 is 0 Å². The van der Waals surface area contributed by atoms with Gasteiger partial charge in [0, 0.05) is 5.41 Å². The maximum Gasteiger partial charge on any atom is 0.106 e. The Morgan fingerprint density at radius 3 is 2.42 bits per heavy atom. The number of aliphatic hydroxyl groups excluding tert-OH is 2. The van der Waals surface area contributed by atoms with Gasteiger partial charge in [0.25, 0.3) is 0 Å². The molecular formula is C21H36O3. The van der Waals surface area contributed by atoms with Crippen LogP contribution in [0.15, 0.2) is 0 Å². The molecule has 0 amide bonds. The van der Waals surface area contributed by atoms with Crippen molar-refractivity contribution < 1.29 is 15.3 Å². The summed E-state index contributed by atoms with van der Waals surface area (Å²) in [7, 11) is 0. The van der Waals surface area contributed by atoms with Crippen LogP contribution in [0.3, 0.4) is 0 Å². The van der Waals surface area contributed by atoms with E-state index in [9.17, 15) is 15.3 Å². The average molecular weight is 337 g/mol. The minimum absolute atomic E-state index is 0.228. The first-order valence-corrected chi connectivity index (χ1v) is 10.4. The summed E-state index contributed by atoms with van der Waals surface area (Å²) in [5, 5.41) is 31.1. The molecule has 8 atom stereocenters. The highest BCUT2D eigenvalue weighted by molar-refractivity contribution is 5.15. The molecule has 8 unspecified atom stereocenters. The highest BCUT2D eigenvalue weighted by Gasteiger charge is 2.65. The molecule has 0 heterocycles. The summed E-state index contributed by atoms with van der Waals surface area (Å²) < 4.78 is 0. The summed E-state index contributed by atoms with van der Waals surface area (Å²) in [5.41, 5.74) is -0.811. The number of aliphatic hydroxyl groups is 3. The summed E-state index contributed by atoms with van der Waals surface area (Å²) in [6.07, 6.45) is 11.2. The van der Waals surface area contributed by atoms with Crippen molar-refractivity contribution in [3.05, 3.63) is 0 Å². The lowest BCUT2D eigenvalue weighted by molar-refractivity contribution is -0.193. The van der Waals surface area contributed by atoms with E-state index in [-0.39, 0.29) is 12.0 Å². The average Bonchev–Trinajstić information content (AvgIpc) is 2.86. The van der Waals surface area contributed by atoms with Crippen molar-refractivity contribution in [2.45, 2.75) is 89.8 Å². The first kappa shape index (κ1) is 17.3. The molecule has 3 nitrogen and oxygen atoms in total. The lowest BCUT2D eigenvalue weighted by Crippen LogP contribution is -2.60. The molecule has 4 aliphatic carbocycles. The van der Waals surface area contributed by atoms with Crippen molar-refractivity contribution in [1.82, 2.24) is 0 Å². The summed E-state index contributed by atoms with van der Waals surface area (Å²) >= 11 is 0. The lowest BCUT2D eigenvalue weighted by Gasteiger charge is -2.61. The highest BCUT2D eigenvalue weighted by atomic mass is 16.4. The Bertz CT molecular complexity index is 493. The first-order valence-electron chi connectivity index (χ1n) is 10.4. The van der Waals surface area contributed by atoms with Crippen molar-refractivity contribution in [3.8, 4) is 0 Å². The third-order valence-electron chi connectivity index (χ3n) is 9.52. The molecule has 0 aromatic heterocycles. The number of hydrogen-bond acceptors (Lipinski definition) is 3. The van der Waals surface area contributed by atoms with Gasteiger partial charge in [-0.05, 0) is 80.5 Å². The van der Waals surface area contributed by atoms with E-state index in [0.717, 1.165) is 24.7 Å². The Hall–Kier alpha value is -0.120. The Balaban J connectivity index is 1.64. The van der Waals surface area contributed by atoms with Gasteiger partial charge in [-0.1, -0.05) is 26.7 Å². The van der Waals surface area contributed by atoms with E-state index in [1.165, 1.54) is 44.9 Å². The van der Waals surface area contributed by atoms with Gasteiger partial charge in [0.1, 0.15) is 6.10 Å². The predicted molar refractivity (Wildman–Crippen MR) is 94.4 cm³/mol. The zero-order valence-electron chi connectivity index (χ0n) is 15.5. The second kappa shape index (κ2) is 5.69. The molecule has 0 spiro atoms. The normalized spacial score (nSPS) is 55.4. The van der Waals surface area contributed by atoms with Crippen molar-refractivity contribution in [3.63, 3.8) is 0 Å². The van der Waals surface area contributed by atoms with Gasteiger partial charge in [0.05, 0.1) is 12.2 Å². The van der Waals surface area contributed by atoms with Crippen LogP contribution in [0, 0.1) is 34.5 Å². The van der Waals surface area contributed by atoms with Crippen LogP contribution in [-0.2, 0) is 0 Å². The highest BCUT2D eigenvalue weighted by Crippen LogP contribution is 2.68. The fourth-order valence-corrected chi connectivity index (χ4v) is 8.04. The molecule has 0 saturated heterocycles. The molecule has 4 fully saturated rings. The quantitative estimate of drug-likeness (QED) is 0.723. The van der Waals surface area contributed by atoms with Gasteiger partial charge in [-0.15, -0.1) is 0 Å². The molecule has 4 aliphatic rings. The molecule has 3 N–H and O–H groups in total. The van der Waals surface area contributed by atoms with Gasteiger partial charge in [-0.3, -0.25) is 0 Å². The van der Waals surface area contributed by atoms with E-state index in [1.54, 1.807) is 0 Å². The molecule has 0 aromatic carbocycles. The summed E-state index contributed by atoms with van der Waals surface area (Å²) in [6, 6.07) is 0. The van der Waals surface area contributed by atoms with Gasteiger partial charge in [0.15, 0.2) is 0 Å². The fourth-order valence-electron chi connectivity index (χ4n) is 8.04. The summed E-state index contributed by atoms with van der Waals surface area (Å²) in [4.78, 5) is 0. The van der Waals surface area contributed by atoms with E-state index in [2.05, 4.69) is 13.8 Å². The molecule has 0 aromatic rings. The second-order valence-corrected chi connectivity index (χ2v) is 10.0. The summed E-state index contributed by atoms with van der Waals surface area (Å²) in [5.74, 6) is 2.95. The third kappa shape index (κ3) is 2.07. The topological polar surface area (TPSA) is 60.7 Å². The van der Waals surface area contributed by atoms with Gasteiger partial charge in [-0.2, -0.15) is 0 Å². The molecule has 138 valence electrons. The SMILES string of the molecule is CC12CCCCC1CCC1C2CCC2(C)C1CCC2(O)C(O)CO. The minimum atomic E-state index is -1.10. The van der Waals surface area contributed by atoms with Gasteiger partial charge in [-0.25, -0.2) is 0 Å². The van der Waals surface area contributed by atoms with Crippen LogP contribution in [0.2, 0.25) is 0 Å². The maximum absolute atomic E-state index is 11.3. The Labute approximate surface area is 146 Å². The van der Waals surface area contributed by atoms with Crippen LogP contribution in [0.1, 0.15) is 78.1 Å². The molecule has 4 saturated carbocycles. The molecule has 0 aliphatic heterocycles.